The van der Waals surface area contributed by atoms with E-state index in [1.54, 1.807) is 11.0 Å². The van der Waals surface area contributed by atoms with Crippen molar-refractivity contribution in [1.29, 1.82) is 0 Å². The van der Waals surface area contributed by atoms with Crippen LogP contribution < -0.4 is 5.32 Å². The van der Waals surface area contributed by atoms with Gasteiger partial charge in [-0.05, 0) is 63.0 Å². The zero-order valence-corrected chi connectivity index (χ0v) is 14.4. The zero-order chi connectivity index (χ0) is 16.9. The minimum absolute atomic E-state index is 0.136. The van der Waals surface area contributed by atoms with Crippen molar-refractivity contribution in [3.63, 3.8) is 0 Å². The second-order valence-electron chi connectivity index (χ2n) is 6.32. The van der Waals surface area contributed by atoms with E-state index in [0.29, 0.717) is 6.04 Å². The first-order chi connectivity index (χ1) is 11.7. The van der Waals surface area contributed by atoms with Gasteiger partial charge in [-0.15, -0.1) is 0 Å². The average Bonchev–Trinajstić information content (AvgIpc) is 3.14. The molecule has 1 aliphatic heterocycles. The van der Waals surface area contributed by atoms with E-state index in [9.17, 15) is 4.79 Å². The standard InChI is InChI=1S/C18H25N5O/c1-3-10-22(16-6-8-19-9-7-16)18(24)15-4-5-17(14(2)11-15)23-13-20-12-21-23/h4-5,11-13,16,19H,3,6-10H2,1-2H3. The normalized spacial score (nSPS) is 15.4. The lowest BCUT2D eigenvalue weighted by molar-refractivity contribution is 0.0642. The number of carbonyl (C=O) groups is 1. The van der Waals surface area contributed by atoms with Crippen LogP contribution in [0.25, 0.3) is 5.69 Å². The van der Waals surface area contributed by atoms with Gasteiger partial charge in [-0.25, -0.2) is 9.67 Å². The quantitative estimate of drug-likeness (QED) is 0.914. The maximum absolute atomic E-state index is 13.1. The fraction of sp³-hybridized carbons (Fsp3) is 0.500. The third-order valence-electron chi connectivity index (χ3n) is 4.58. The number of nitrogens with one attached hydrogen (secondary N) is 1. The summed E-state index contributed by atoms with van der Waals surface area (Å²) in [6, 6.07) is 6.15. The van der Waals surface area contributed by atoms with Crippen molar-refractivity contribution in [3.05, 3.63) is 42.0 Å². The van der Waals surface area contributed by atoms with Crippen LogP contribution >= 0.6 is 0 Å². The van der Waals surface area contributed by atoms with Gasteiger partial charge >= 0.3 is 0 Å². The third-order valence-corrected chi connectivity index (χ3v) is 4.58. The van der Waals surface area contributed by atoms with Gasteiger partial charge in [0.15, 0.2) is 0 Å². The van der Waals surface area contributed by atoms with Crippen LogP contribution in [0, 0.1) is 6.92 Å². The summed E-state index contributed by atoms with van der Waals surface area (Å²) in [5.41, 5.74) is 2.73. The predicted octanol–water partition coefficient (Wildman–Crippen LogP) is 2.18. The van der Waals surface area contributed by atoms with Crippen LogP contribution in [-0.2, 0) is 0 Å². The first-order valence-electron chi connectivity index (χ1n) is 8.68. The van der Waals surface area contributed by atoms with Crippen LogP contribution in [0.3, 0.4) is 0 Å². The van der Waals surface area contributed by atoms with Crippen LogP contribution in [0.15, 0.2) is 30.9 Å². The van der Waals surface area contributed by atoms with Crippen LogP contribution in [0.2, 0.25) is 0 Å². The molecule has 0 saturated carbocycles. The minimum Gasteiger partial charge on any atom is -0.336 e. The summed E-state index contributed by atoms with van der Waals surface area (Å²) in [5, 5.41) is 7.53. The van der Waals surface area contributed by atoms with Gasteiger partial charge in [0.05, 0.1) is 5.69 Å². The second-order valence-corrected chi connectivity index (χ2v) is 6.32. The Morgan fingerprint density at radius 1 is 1.38 bits per heavy atom. The number of carbonyl (C=O) groups excluding carboxylic acids is 1. The van der Waals surface area contributed by atoms with Crippen molar-refractivity contribution in [2.45, 2.75) is 39.2 Å². The number of hydrogen-bond acceptors (Lipinski definition) is 4. The van der Waals surface area contributed by atoms with E-state index in [-0.39, 0.29) is 5.91 Å². The summed E-state index contributed by atoms with van der Waals surface area (Å²) in [6.45, 7) is 6.92. The number of hydrogen-bond donors (Lipinski definition) is 1. The van der Waals surface area contributed by atoms with E-state index in [1.807, 2.05) is 25.1 Å². The highest BCUT2D eigenvalue weighted by atomic mass is 16.2. The summed E-state index contributed by atoms with van der Waals surface area (Å²) in [7, 11) is 0. The van der Waals surface area contributed by atoms with Crippen LogP contribution in [-0.4, -0.2) is 51.2 Å². The van der Waals surface area contributed by atoms with Crippen molar-refractivity contribution < 1.29 is 4.79 Å². The smallest absolute Gasteiger partial charge is 0.254 e. The van der Waals surface area contributed by atoms with E-state index in [2.05, 4.69) is 27.2 Å². The van der Waals surface area contributed by atoms with Gasteiger partial charge in [0.2, 0.25) is 0 Å². The first-order valence-corrected chi connectivity index (χ1v) is 8.68. The van der Waals surface area contributed by atoms with Gasteiger partial charge in [0, 0.05) is 18.2 Å². The van der Waals surface area contributed by atoms with Gasteiger partial charge in [-0.2, -0.15) is 5.10 Å². The molecule has 6 nitrogen and oxygen atoms in total. The van der Waals surface area contributed by atoms with Crippen molar-refractivity contribution in [3.8, 4) is 5.69 Å². The third kappa shape index (κ3) is 3.48. The van der Waals surface area contributed by atoms with Crippen molar-refractivity contribution in [2.24, 2.45) is 0 Å². The van der Waals surface area contributed by atoms with E-state index in [4.69, 9.17) is 0 Å². The number of piperidine rings is 1. The van der Waals surface area contributed by atoms with E-state index < -0.39 is 0 Å². The molecule has 0 aliphatic carbocycles. The molecule has 0 spiro atoms. The summed E-state index contributed by atoms with van der Waals surface area (Å²) >= 11 is 0. The highest BCUT2D eigenvalue weighted by Gasteiger charge is 2.25. The molecule has 6 heteroatoms. The Morgan fingerprint density at radius 3 is 2.79 bits per heavy atom. The Balaban J connectivity index is 1.83. The second kappa shape index (κ2) is 7.57. The number of amides is 1. The molecular formula is C18H25N5O. The molecule has 2 heterocycles. The zero-order valence-electron chi connectivity index (χ0n) is 14.4. The molecule has 128 valence electrons. The Labute approximate surface area is 142 Å². The van der Waals surface area contributed by atoms with Crippen LogP contribution in [0.5, 0.6) is 0 Å². The molecule has 0 radical (unpaired) electrons. The van der Waals surface area contributed by atoms with Gasteiger partial charge in [-0.1, -0.05) is 6.92 Å². The molecule has 0 atom stereocenters. The van der Waals surface area contributed by atoms with Gasteiger partial charge in [0.1, 0.15) is 12.7 Å². The van der Waals surface area contributed by atoms with Crippen LogP contribution in [0.1, 0.15) is 42.1 Å². The monoisotopic (exact) mass is 327 g/mol. The average molecular weight is 327 g/mol. The molecule has 1 aromatic heterocycles. The van der Waals surface area contributed by atoms with Gasteiger partial charge in [0.25, 0.3) is 5.91 Å². The molecular weight excluding hydrogens is 302 g/mol. The molecule has 0 unspecified atom stereocenters. The molecule has 3 rings (SSSR count). The number of nitrogens with zero attached hydrogens (tertiary/aromatic N) is 4. The Kier molecular flexibility index (Phi) is 5.25. The Hall–Kier alpha value is -2.21. The molecule has 24 heavy (non-hydrogen) atoms. The maximum atomic E-state index is 13.1. The molecule has 2 aromatic rings. The van der Waals surface area contributed by atoms with E-state index in [1.165, 1.54) is 6.33 Å². The minimum atomic E-state index is 0.136. The molecule has 1 aromatic carbocycles. The lowest BCUT2D eigenvalue weighted by Gasteiger charge is -2.34. The first kappa shape index (κ1) is 16.6. The predicted molar refractivity (Wildman–Crippen MR) is 93.3 cm³/mol. The largest absolute Gasteiger partial charge is 0.336 e. The fourth-order valence-electron chi connectivity index (χ4n) is 3.35. The summed E-state index contributed by atoms with van der Waals surface area (Å²) in [4.78, 5) is 19.1. The lowest BCUT2D eigenvalue weighted by Crippen LogP contribution is -2.46. The molecule has 1 fully saturated rings. The lowest BCUT2D eigenvalue weighted by atomic mass is 10.0. The van der Waals surface area contributed by atoms with Crippen molar-refractivity contribution in [2.75, 3.05) is 19.6 Å². The summed E-state index contributed by atoms with van der Waals surface area (Å²) in [6.07, 6.45) is 6.22. The van der Waals surface area contributed by atoms with Gasteiger partial charge in [-0.3, -0.25) is 4.79 Å². The number of benzene rings is 1. The summed E-state index contributed by atoms with van der Waals surface area (Å²) < 4.78 is 1.72. The number of rotatable bonds is 5. The topological polar surface area (TPSA) is 63.1 Å². The highest BCUT2D eigenvalue weighted by molar-refractivity contribution is 5.95. The Bertz CT molecular complexity index is 677. The molecule has 0 bridgehead atoms. The fourth-order valence-corrected chi connectivity index (χ4v) is 3.35. The molecule has 1 amide bonds. The summed E-state index contributed by atoms with van der Waals surface area (Å²) in [5.74, 6) is 0.136. The van der Waals surface area contributed by atoms with E-state index in [0.717, 1.165) is 55.7 Å². The number of aromatic nitrogens is 3. The van der Waals surface area contributed by atoms with E-state index >= 15 is 0 Å². The van der Waals surface area contributed by atoms with Crippen molar-refractivity contribution >= 4 is 5.91 Å². The number of aryl methyl sites for hydroxylation is 1. The Morgan fingerprint density at radius 2 is 2.17 bits per heavy atom. The molecule has 1 saturated heterocycles. The molecule has 1 aliphatic rings. The highest BCUT2D eigenvalue weighted by Crippen LogP contribution is 2.20. The molecule has 1 N–H and O–H groups in total. The SMILES string of the molecule is CCCN(C(=O)c1ccc(-n2cncn2)c(C)c1)C1CCNCC1. The van der Waals surface area contributed by atoms with Crippen molar-refractivity contribution in [1.82, 2.24) is 25.0 Å². The van der Waals surface area contributed by atoms with Crippen LogP contribution in [0.4, 0.5) is 0 Å². The van der Waals surface area contributed by atoms with Gasteiger partial charge < -0.3 is 10.2 Å². The maximum Gasteiger partial charge on any atom is 0.254 e.